The SMILES string of the molecule is OC(Cc1c(F)cccc1F)c1ccc(Br)c(F)c1. The maximum Gasteiger partial charge on any atom is 0.137 e. The first-order chi connectivity index (χ1) is 8.99. The number of hydrogen-bond donors (Lipinski definition) is 1. The summed E-state index contributed by atoms with van der Waals surface area (Å²) in [6, 6.07) is 7.55. The molecule has 0 saturated heterocycles. The lowest BCUT2D eigenvalue weighted by Gasteiger charge is -2.13. The zero-order chi connectivity index (χ0) is 14.0. The number of benzene rings is 2. The first kappa shape index (κ1) is 14.1. The topological polar surface area (TPSA) is 20.2 Å². The molecule has 1 atom stereocenters. The maximum absolute atomic E-state index is 13.4. The Balaban J connectivity index is 2.25. The van der Waals surface area contributed by atoms with E-state index in [0.717, 1.165) is 18.2 Å². The Labute approximate surface area is 116 Å². The third kappa shape index (κ3) is 3.16. The van der Waals surface area contributed by atoms with Crippen molar-refractivity contribution in [2.24, 2.45) is 0 Å². The van der Waals surface area contributed by atoms with Crippen LogP contribution >= 0.6 is 15.9 Å². The normalized spacial score (nSPS) is 12.5. The van der Waals surface area contributed by atoms with Gasteiger partial charge in [0.15, 0.2) is 0 Å². The van der Waals surface area contributed by atoms with E-state index in [4.69, 9.17) is 0 Å². The molecule has 0 aliphatic heterocycles. The van der Waals surface area contributed by atoms with Crippen LogP contribution in [0.4, 0.5) is 13.2 Å². The fourth-order valence-electron chi connectivity index (χ4n) is 1.76. The molecular weight excluding hydrogens is 321 g/mol. The number of hydrogen-bond acceptors (Lipinski definition) is 1. The van der Waals surface area contributed by atoms with Crippen molar-refractivity contribution in [1.29, 1.82) is 0 Å². The number of halogens is 4. The highest BCUT2D eigenvalue weighted by molar-refractivity contribution is 9.10. The van der Waals surface area contributed by atoms with Gasteiger partial charge in [-0.25, -0.2) is 13.2 Å². The standard InChI is InChI=1S/C14H10BrF3O/c15-10-5-4-8(6-13(10)18)14(19)7-9-11(16)2-1-3-12(9)17/h1-6,14,19H,7H2. The summed E-state index contributed by atoms with van der Waals surface area (Å²) in [6.45, 7) is 0. The fourth-order valence-corrected chi connectivity index (χ4v) is 2.00. The van der Waals surface area contributed by atoms with Gasteiger partial charge in [-0.15, -0.1) is 0 Å². The van der Waals surface area contributed by atoms with Gasteiger partial charge in [0.25, 0.3) is 0 Å². The Morgan fingerprint density at radius 2 is 1.63 bits per heavy atom. The molecule has 0 spiro atoms. The molecule has 2 aromatic rings. The summed E-state index contributed by atoms with van der Waals surface area (Å²) in [6.07, 6.45) is -1.42. The molecule has 0 heterocycles. The van der Waals surface area contributed by atoms with Gasteiger partial charge in [0.1, 0.15) is 17.5 Å². The monoisotopic (exact) mass is 330 g/mol. The Morgan fingerprint density at radius 3 is 2.21 bits per heavy atom. The van der Waals surface area contributed by atoms with Crippen LogP contribution in [-0.4, -0.2) is 5.11 Å². The van der Waals surface area contributed by atoms with Crippen molar-refractivity contribution in [1.82, 2.24) is 0 Å². The Morgan fingerprint density at radius 1 is 1.00 bits per heavy atom. The second kappa shape index (κ2) is 5.75. The first-order valence-corrected chi connectivity index (χ1v) is 6.34. The summed E-state index contributed by atoms with van der Waals surface area (Å²) >= 11 is 2.99. The predicted octanol–water partition coefficient (Wildman–Crippen LogP) is 4.14. The van der Waals surface area contributed by atoms with Crippen molar-refractivity contribution in [2.45, 2.75) is 12.5 Å². The molecule has 0 amide bonds. The van der Waals surface area contributed by atoms with Gasteiger partial charge in [-0.2, -0.15) is 0 Å². The average Bonchev–Trinajstić information content (AvgIpc) is 2.37. The molecular formula is C14H10BrF3O. The van der Waals surface area contributed by atoms with E-state index < -0.39 is 23.6 Å². The lowest BCUT2D eigenvalue weighted by atomic mass is 10.0. The van der Waals surface area contributed by atoms with Crippen molar-refractivity contribution in [2.75, 3.05) is 0 Å². The van der Waals surface area contributed by atoms with Crippen molar-refractivity contribution in [3.8, 4) is 0 Å². The lowest BCUT2D eigenvalue weighted by Crippen LogP contribution is -2.06. The molecule has 1 unspecified atom stereocenters. The Kier molecular flexibility index (Phi) is 4.27. The first-order valence-electron chi connectivity index (χ1n) is 5.55. The largest absolute Gasteiger partial charge is 0.388 e. The molecule has 0 radical (unpaired) electrons. The quantitative estimate of drug-likeness (QED) is 0.896. The van der Waals surface area contributed by atoms with Crippen LogP contribution in [0, 0.1) is 17.5 Å². The van der Waals surface area contributed by atoms with Crippen LogP contribution in [0.2, 0.25) is 0 Å². The van der Waals surface area contributed by atoms with E-state index in [2.05, 4.69) is 15.9 Å². The van der Waals surface area contributed by atoms with E-state index in [-0.39, 0.29) is 22.0 Å². The molecule has 0 bridgehead atoms. The van der Waals surface area contributed by atoms with Crippen LogP contribution in [0.25, 0.3) is 0 Å². The van der Waals surface area contributed by atoms with Crippen molar-refractivity contribution < 1.29 is 18.3 Å². The predicted molar refractivity (Wildman–Crippen MR) is 69.1 cm³/mol. The molecule has 0 aliphatic carbocycles. The van der Waals surface area contributed by atoms with Gasteiger partial charge >= 0.3 is 0 Å². The minimum absolute atomic E-state index is 0.210. The Bertz CT molecular complexity index is 581. The van der Waals surface area contributed by atoms with Crippen LogP contribution in [0.5, 0.6) is 0 Å². The third-order valence-corrected chi connectivity index (χ3v) is 3.43. The molecule has 0 fully saturated rings. The van der Waals surface area contributed by atoms with Crippen LogP contribution in [0.1, 0.15) is 17.2 Å². The summed E-state index contributed by atoms with van der Waals surface area (Å²) in [4.78, 5) is 0. The lowest BCUT2D eigenvalue weighted by molar-refractivity contribution is 0.175. The number of rotatable bonds is 3. The molecule has 2 aromatic carbocycles. The zero-order valence-corrected chi connectivity index (χ0v) is 11.3. The molecule has 19 heavy (non-hydrogen) atoms. The highest BCUT2D eigenvalue weighted by Gasteiger charge is 2.16. The highest BCUT2D eigenvalue weighted by atomic mass is 79.9. The second-order valence-corrected chi connectivity index (χ2v) is 4.95. The van der Waals surface area contributed by atoms with Gasteiger partial charge < -0.3 is 5.11 Å². The smallest absolute Gasteiger partial charge is 0.137 e. The van der Waals surface area contributed by atoms with Crippen LogP contribution in [0.3, 0.4) is 0 Å². The summed E-state index contributed by atoms with van der Waals surface area (Å²) in [5, 5.41) is 9.92. The van der Waals surface area contributed by atoms with Crippen molar-refractivity contribution >= 4 is 15.9 Å². The minimum atomic E-state index is -1.17. The van der Waals surface area contributed by atoms with Gasteiger partial charge in [0.05, 0.1) is 10.6 Å². The van der Waals surface area contributed by atoms with E-state index in [9.17, 15) is 18.3 Å². The van der Waals surface area contributed by atoms with Gasteiger partial charge in [-0.1, -0.05) is 12.1 Å². The highest BCUT2D eigenvalue weighted by Crippen LogP contribution is 2.25. The van der Waals surface area contributed by atoms with E-state index in [1.54, 1.807) is 0 Å². The minimum Gasteiger partial charge on any atom is -0.388 e. The van der Waals surface area contributed by atoms with Crippen LogP contribution < -0.4 is 0 Å². The second-order valence-electron chi connectivity index (χ2n) is 4.09. The van der Waals surface area contributed by atoms with Crippen molar-refractivity contribution in [3.05, 3.63) is 69.4 Å². The van der Waals surface area contributed by atoms with E-state index in [1.807, 2.05) is 0 Å². The van der Waals surface area contributed by atoms with Gasteiger partial charge in [0.2, 0.25) is 0 Å². The van der Waals surface area contributed by atoms with Crippen LogP contribution in [0.15, 0.2) is 40.9 Å². The Hall–Kier alpha value is -1.33. The summed E-state index contributed by atoms with van der Waals surface area (Å²) in [5.41, 5.74) is 0.0571. The molecule has 1 nitrogen and oxygen atoms in total. The molecule has 0 aliphatic rings. The molecule has 0 aromatic heterocycles. The zero-order valence-electron chi connectivity index (χ0n) is 9.71. The molecule has 1 N–H and O–H groups in total. The van der Waals surface area contributed by atoms with Gasteiger partial charge in [-0.3, -0.25) is 0 Å². The molecule has 2 rings (SSSR count). The van der Waals surface area contributed by atoms with E-state index >= 15 is 0 Å². The summed E-state index contributed by atoms with van der Waals surface area (Å²) in [5.74, 6) is -1.99. The third-order valence-electron chi connectivity index (χ3n) is 2.79. The van der Waals surface area contributed by atoms with E-state index in [1.165, 1.54) is 18.2 Å². The maximum atomic E-state index is 13.4. The summed E-state index contributed by atoms with van der Waals surface area (Å²) < 4.78 is 40.5. The summed E-state index contributed by atoms with van der Waals surface area (Å²) in [7, 11) is 0. The van der Waals surface area contributed by atoms with Crippen molar-refractivity contribution in [3.63, 3.8) is 0 Å². The number of aliphatic hydroxyl groups is 1. The van der Waals surface area contributed by atoms with E-state index in [0.29, 0.717) is 0 Å². The molecule has 0 saturated carbocycles. The fraction of sp³-hybridized carbons (Fsp3) is 0.143. The van der Waals surface area contributed by atoms with Gasteiger partial charge in [-0.05, 0) is 45.8 Å². The number of aliphatic hydroxyl groups excluding tert-OH is 1. The molecule has 100 valence electrons. The van der Waals surface area contributed by atoms with Gasteiger partial charge in [0, 0.05) is 12.0 Å². The average molecular weight is 331 g/mol. The van der Waals surface area contributed by atoms with Crippen LogP contribution in [-0.2, 0) is 6.42 Å². The molecule has 5 heteroatoms.